The molecule has 1 fully saturated rings. The molecule has 3 N–H and O–H groups in total. The van der Waals surface area contributed by atoms with Crippen molar-refractivity contribution in [3.63, 3.8) is 0 Å². The van der Waals surface area contributed by atoms with Gasteiger partial charge in [-0.2, -0.15) is 0 Å². The van der Waals surface area contributed by atoms with Crippen LogP contribution < -0.4 is 5.32 Å². The van der Waals surface area contributed by atoms with E-state index >= 15 is 0 Å². The molecule has 2 amide bonds. The van der Waals surface area contributed by atoms with E-state index in [1.54, 1.807) is 17.2 Å². The lowest BCUT2D eigenvalue weighted by Crippen LogP contribution is -2.51. The van der Waals surface area contributed by atoms with E-state index in [2.05, 4.69) is 15.3 Å². The minimum atomic E-state index is -0.634. The van der Waals surface area contributed by atoms with Gasteiger partial charge in [-0.15, -0.1) is 0 Å². The zero-order valence-electron chi connectivity index (χ0n) is 17.4. The van der Waals surface area contributed by atoms with Crippen molar-refractivity contribution in [3.8, 4) is 0 Å². The van der Waals surface area contributed by atoms with Crippen LogP contribution >= 0.6 is 0 Å². The van der Waals surface area contributed by atoms with Crippen LogP contribution in [0.1, 0.15) is 43.6 Å². The van der Waals surface area contributed by atoms with Crippen LogP contribution in [0.4, 0.5) is 0 Å². The third-order valence-electron chi connectivity index (χ3n) is 5.80. The van der Waals surface area contributed by atoms with E-state index in [-0.39, 0.29) is 36.1 Å². The Bertz CT molecular complexity index is 1070. The minimum absolute atomic E-state index is 0.0487. The van der Waals surface area contributed by atoms with Crippen molar-refractivity contribution in [1.29, 1.82) is 0 Å². The van der Waals surface area contributed by atoms with Crippen LogP contribution in [0.5, 0.6) is 0 Å². The molecule has 3 heterocycles. The van der Waals surface area contributed by atoms with Crippen LogP contribution in [0.3, 0.4) is 0 Å². The summed E-state index contributed by atoms with van der Waals surface area (Å²) in [6, 6.07) is 8.88. The Labute approximate surface area is 175 Å². The fraction of sp³-hybridized carbons (Fsp3) is 0.435. The Kier molecular flexibility index (Phi) is 5.72. The number of hydrogen-bond donors (Lipinski definition) is 3. The summed E-state index contributed by atoms with van der Waals surface area (Å²) in [4.78, 5) is 35.5. The number of para-hydroxylation sites is 1. The van der Waals surface area contributed by atoms with Crippen molar-refractivity contribution in [2.75, 3.05) is 13.2 Å². The van der Waals surface area contributed by atoms with Gasteiger partial charge in [-0.25, -0.2) is 4.98 Å². The third kappa shape index (κ3) is 3.89. The van der Waals surface area contributed by atoms with Crippen LogP contribution in [-0.2, 0) is 4.79 Å². The Morgan fingerprint density at radius 2 is 2.07 bits per heavy atom. The van der Waals surface area contributed by atoms with Gasteiger partial charge < -0.3 is 20.3 Å². The summed E-state index contributed by atoms with van der Waals surface area (Å²) in [6.45, 7) is 4.62. The van der Waals surface area contributed by atoms with E-state index in [0.29, 0.717) is 13.0 Å². The number of amides is 2. The number of nitrogens with zero attached hydrogens (tertiary/aromatic N) is 2. The molecule has 7 heteroatoms. The molecule has 1 aliphatic heterocycles. The number of hydrogen-bond acceptors (Lipinski definition) is 4. The molecule has 1 aliphatic rings. The van der Waals surface area contributed by atoms with Gasteiger partial charge in [0, 0.05) is 22.8 Å². The first-order valence-electron chi connectivity index (χ1n) is 10.6. The minimum Gasteiger partial charge on any atom is -0.394 e. The van der Waals surface area contributed by atoms with Crippen LogP contribution in [-0.4, -0.2) is 57.0 Å². The number of H-pyrrole nitrogens is 1. The van der Waals surface area contributed by atoms with Crippen LogP contribution in [0.15, 0.2) is 36.5 Å². The maximum Gasteiger partial charge on any atom is 0.270 e. The molecule has 3 aromatic rings. The fourth-order valence-electron chi connectivity index (χ4n) is 4.31. The molecule has 7 nitrogen and oxygen atoms in total. The van der Waals surface area contributed by atoms with Gasteiger partial charge in [-0.05, 0) is 37.3 Å². The second kappa shape index (κ2) is 8.44. The second-order valence-corrected chi connectivity index (χ2v) is 8.45. The number of fused-ring (bicyclic) bond motifs is 3. The lowest BCUT2D eigenvalue weighted by Gasteiger charge is -2.29. The van der Waals surface area contributed by atoms with Gasteiger partial charge in [0.15, 0.2) is 0 Å². The molecule has 2 aromatic heterocycles. The molecule has 0 spiro atoms. The smallest absolute Gasteiger partial charge is 0.270 e. The first-order chi connectivity index (χ1) is 14.5. The molecule has 0 bridgehead atoms. The Morgan fingerprint density at radius 1 is 1.27 bits per heavy atom. The molecule has 2 unspecified atom stereocenters. The molecule has 0 saturated carbocycles. The van der Waals surface area contributed by atoms with Gasteiger partial charge >= 0.3 is 0 Å². The van der Waals surface area contributed by atoms with Crippen molar-refractivity contribution in [1.82, 2.24) is 20.2 Å². The number of aromatic amines is 1. The largest absolute Gasteiger partial charge is 0.394 e. The van der Waals surface area contributed by atoms with E-state index in [0.717, 1.165) is 34.6 Å². The van der Waals surface area contributed by atoms with E-state index in [9.17, 15) is 14.7 Å². The highest BCUT2D eigenvalue weighted by molar-refractivity contribution is 6.09. The van der Waals surface area contributed by atoms with E-state index < -0.39 is 6.04 Å². The molecule has 4 rings (SSSR count). The van der Waals surface area contributed by atoms with Crippen LogP contribution in [0, 0.1) is 5.92 Å². The first-order valence-corrected chi connectivity index (χ1v) is 10.6. The SMILES string of the molecule is CC(C)CC(NC(=O)c1cc2c(cn1)[nH]c1ccccc12)C(=O)N1CCCC1CO. The zero-order chi connectivity index (χ0) is 21.3. The molecule has 1 saturated heterocycles. The highest BCUT2D eigenvalue weighted by Crippen LogP contribution is 2.25. The lowest BCUT2D eigenvalue weighted by molar-refractivity contribution is -0.135. The Balaban J connectivity index is 1.59. The summed E-state index contributed by atoms with van der Waals surface area (Å²) in [7, 11) is 0. The van der Waals surface area contributed by atoms with Crippen molar-refractivity contribution in [2.24, 2.45) is 5.92 Å². The average molecular weight is 409 g/mol. The van der Waals surface area contributed by atoms with Gasteiger partial charge in [-0.1, -0.05) is 32.0 Å². The van der Waals surface area contributed by atoms with Gasteiger partial charge in [-0.3, -0.25) is 9.59 Å². The number of aromatic nitrogens is 2. The van der Waals surface area contributed by atoms with Crippen molar-refractivity contribution >= 4 is 33.6 Å². The Morgan fingerprint density at radius 3 is 2.83 bits per heavy atom. The highest BCUT2D eigenvalue weighted by Gasteiger charge is 2.34. The molecule has 30 heavy (non-hydrogen) atoms. The summed E-state index contributed by atoms with van der Waals surface area (Å²) in [5, 5.41) is 14.4. The number of rotatable bonds is 6. The number of aliphatic hydroxyl groups is 1. The molecular formula is C23H28N4O3. The predicted octanol–water partition coefficient (Wildman–Crippen LogP) is 2.84. The number of pyridine rings is 1. The van der Waals surface area contributed by atoms with Gasteiger partial charge in [0.1, 0.15) is 11.7 Å². The Hall–Kier alpha value is -2.93. The number of nitrogens with one attached hydrogen (secondary N) is 2. The molecule has 0 radical (unpaired) electrons. The number of benzene rings is 1. The monoisotopic (exact) mass is 408 g/mol. The topological polar surface area (TPSA) is 98.3 Å². The van der Waals surface area contributed by atoms with Crippen LogP contribution in [0.25, 0.3) is 21.8 Å². The first kappa shape index (κ1) is 20.3. The molecule has 158 valence electrons. The highest BCUT2D eigenvalue weighted by atomic mass is 16.3. The fourth-order valence-corrected chi connectivity index (χ4v) is 4.31. The normalized spacial score (nSPS) is 17.7. The molecular weight excluding hydrogens is 380 g/mol. The summed E-state index contributed by atoms with van der Waals surface area (Å²) in [6.07, 6.45) is 3.86. The summed E-state index contributed by atoms with van der Waals surface area (Å²) in [5.41, 5.74) is 2.14. The van der Waals surface area contributed by atoms with E-state index in [1.165, 1.54) is 0 Å². The summed E-state index contributed by atoms with van der Waals surface area (Å²) < 4.78 is 0. The van der Waals surface area contributed by atoms with Crippen molar-refractivity contribution in [3.05, 3.63) is 42.2 Å². The quantitative estimate of drug-likeness (QED) is 0.584. The predicted molar refractivity (Wildman–Crippen MR) is 116 cm³/mol. The maximum atomic E-state index is 13.1. The molecule has 0 aliphatic carbocycles. The second-order valence-electron chi connectivity index (χ2n) is 8.45. The number of carbonyl (C=O) groups excluding carboxylic acids is 2. The standard InChI is InChI=1S/C23H28N4O3/c1-14(2)10-20(23(30)27-9-5-6-15(27)13-28)26-22(29)19-11-17-16-7-3-4-8-18(16)25-21(17)12-24-19/h3-4,7-8,11-12,14-15,20,25,28H,5-6,9-10,13H2,1-2H3,(H,26,29). The number of likely N-dealkylation sites (tertiary alicyclic amines) is 1. The maximum absolute atomic E-state index is 13.1. The van der Waals surface area contributed by atoms with E-state index in [4.69, 9.17) is 0 Å². The van der Waals surface area contributed by atoms with Crippen LogP contribution in [0.2, 0.25) is 0 Å². The summed E-state index contributed by atoms with van der Waals surface area (Å²) >= 11 is 0. The number of aliphatic hydroxyl groups excluding tert-OH is 1. The van der Waals surface area contributed by atoms with Crippen molar-refractivity contribution < 1.29 is 14.7 Å². The van der Waals surface area contributed by atoms with E-state index in [1.807, 2.05) is 38.1 Å². The molecule has 2 atom stereocenters. The summed E-state index contributed by atoms with van der Waals surface area (Å²) in [5.74, 6) is -0.249. The third-order valence-corrected chi connectivity index (χ3v) is 5.80. The van der Waals surface area contributed by atoms with Gasteiger partial charge in [0.25, 0.3) is 5.91 Å². The zero-order valence-corrected chi connectivity index (χ0v) is 17.4. The number of carbonyl (C=O) groups is 2. The lowest BCUT2D eigenvalue weighted by atomic mass is 10.0. The average Bonchev–Trinajstić information content (AvgIpc) is 3.36. The molecule has 1 aromatic carbocycles. The van der Waals surface area contributed by atoms with Gasteiger partial charge in [0.2, 0.25) is 5.91 Å². The van der Waals surface area contributed by atoms with Gasteiger partial charge in [0.05, 0.1) is 24.4 Å². The van der Waals surface area contributed by atoms with Crippen molar-refractivity contribution in [2.45, 2.75) is 45.2 Å².